The van der Waals surface area contributed by atoms with Crippen molar-refractivity contribution >= 4 is 33.7 Å². The molecule has 96 valence electrons. The number of aromatic nitrogens is 1. The Morgan fingerprint density at radius 2 is 1.79 bits per heavy atom. The molecular formula is C15H13NO2Se. The van der Waals surface area contributed by atoms with Gasteiger partial charge >= 0.3 is 115 Å². The molecule has 0 amide bonds. The SMILES string of the molecule is COc1ccc([Se](=O)c2c[nH]c3ccccc23)cc1. The van der Waals surface area contributed by atoms with E-state index in [0.29, 0.717) is 0 Å². The molecular weight excluding hydrogens is 305 g/mol. The fourth-order valence-electron chi connectivity index (χ4n) is 2.02. The van der Waals surface area contributed by atoms with Gasteiger partial charge < -0.3 is 0 Å². The Hall–Kier alpha value is -1.90. The van der Waals surface area contributed by atoms with Gasteiger partial charge in [-0.3, -0.25) is 0 Å². The summed E-state index contributed by atoms with van der Waals surface area (Å²) in [5, 5.41) is 1.04. The second-order valence-electron chi connectivity index (χ2n) is 4.14. The molecule has 19 heavy (non-hydrogen) atoms. The Morgan fingerprint density at radius 1 is 1.05 bits per heavy atom. The van der Waals surface area contributed by atoms with Crippen molar-refractivity contribution in [2.24, 2.45) is 0 Å². The number of fused-ring (bicyclic) bond motifs is 1. The quantitative estimate of drug-likeness (QED) is 0.747. The van der Waals surface area contributed by atoms with Gasteiger partial charge in [0, 0.05) is 0 Å². The number of hydrogen-bond acceptors (Lipinski definition) is 2. The average molecular weight is 318 g/mol. The van der Waals surface area contributed by atoms with E-state index in [1.54, 1.807) is 7.11 Å². The van der Waals surface area contributed by atoms with Crippen LogP contribution in [0.5, 0.6) is 5.75 Å². The fourth-order valence-corrected chi connectivity index (χ4v) is 4.50. The summed E-state index contributed by atoms with van der Waals surface area (Å²) in [5.74, 6) is 0.779. The van der Waals surface area contributed by atoms with Crippen molar-refractivity contribution in [3.63, 3.8) is 0 Å². The van der Waals surface area contributed by atoms with Crippen molar-refractivity contribution in [3.05, 3.63) is 54.7 Å². The van der Waals surface area contributed by atoms with Crippen molar-refractivity contribution in [3.8, 4) is 5.75 Å². The zero-order chi connectivity index (χ0) is 13.2. The summed E-state index contributed by atoms with van der Waals surface area (Å²) in [4.78, 5) is 3.17. The summed E-state index contributed by atoms with van der Waals surface area (Å²) >= 11 is -2.24. The first kappa shape index (κ1) is 12.1. The van der Waals surface area contributed by atoms with E-state index in [1.165, 1.54) is 0 Å². The van der Waals surface area contributed by atoms with Crippen molar-refractivity contribution < 1.29 is 8.57 Å². The molecule has 3 nitrogen and oxygen atoms in total. The molecule has 1 aromatic heterocycles. The van der Waals surface area contributed by atoms with Gasteiger partial charge in [0.15, 0.2) is 0 Å². The van der Waals surface area contributed by atoms with Crippen LogP contribution in [0.25, 0.3) is 10.9 Å². The van der Waals surface area contributed by atoms with Gasteiger partial charge in [0.1, 0.15) is 0 Å². The minimum atomic E-state index is -2.24. The number of nitrogens with one attached hydrogen (secondary N) is 1. The third-order valence-corrected chi connectivity index (χ3v) is 6.04. The summed E-state index contributed by atoms with van der Waals surface area (Å²) in [5.41, 5.74) is 1.02. The topological polar surface area (TPSA) is 42.1 Å². The van der Waals surface area contributed by atoms with E-state index in [2.05, 4.69) is 4.98 Å². The number of rotatable bonds is 3. The second kappa shape index (κ2) is 5.00. The number of methoxy groups -OCH3 is 1. The molecule has 1 unspecified atom stereocenters. The summed E-state index contributed by atoms with van der Waals surface area (Å²) in [6.07, 6.45) is 1.85. The number of H-pyrrole nitrogens is 1. The van der Waals surface area contributed by atoms with E-state index in [0.717, 1.165) is 25.6 Å². The number of benzene rings is 2. The third kappa shape index (κ3) is 2.20. The maximum atomic E-state index is 12.7. The van der Waals surface area contributed by atoms with E-state index >= 15 is 0 Å². The van der Waals surface area contributed by atoms with Crippen molar-refractivity contribution in [1.82, 2.24) is 4.98 Å². The molecule has 1 N–H and O–H groups in total. The van der Waals surface area contributed by atoms with E-state index in [-0.39, 0.29) is 0 Å². The van der Waals surface area contributed by atoms with Crippen molar-refractivity contribution in [2.45, 2.75) is 0 Å². The van der Waals surface area contributed by atoms with Crippen LogP contribution < -0.4 is 13.7 Å². The van der Waals surface area contributed by atoms with Crippen LogP contribution in [0.2, 0.25) is 0 Å². The van der Waals surface area contributed by atoms with E-state index in [1.807, 2.05) is 54.7 Å². The molecule has 0 bridgehead atoms. The van der Waals surface area contributed by atoms with Gasteiger partial charge in [-0.25, -0.2) is 0 Å². The molecule has 0 saturated heterocycles. The van der Waals surface area contributed by atoms with Gasteiger partial charge in [-0.15, -0.1) is 0 Å². The predicted octanol–water partition coefficient (Wildman–Crippen LogP) is 1.71. The molecule has 0 fully saturated rings. The number of aromatic amines is 1. The molecule has 0 spiro atoms. The van der Waals surface area contributed by atoms with E-state index in [4.69, 9.17) is 4.74 Å². The van der Waals surface area contributed by atoms with E-state index in [9.17, 15) is 3.83 Å². The number of ether oxygens (including phenoxy) is 1. The number of para-hydroxylation sites is 1. The van der Waals surface area contributed by atoms with Gasteiger partial charge in [-0.2, -0.15) is 0 Å². The molecule has 0 radical (unpaired) electrons. The fraction of sp³-hybridized carbons (Fsp3) is 0.0667. The van der Waals surface area contributed by atoms with Crippen LogP contribution in [0.3, 0.4) is 0 Å². The standard InChI is InChI=1S/C15H13NO2Se/c1-18-11-6-8-12(9-7-11)19(17)15-10-16-14-5-3-2-4-13(14)15/h2-10,16H,1H3. The first-order chi connectivity index (χ1) is 9.29. The van der Waals surface area contributed by atoms with Gasteiger partial charge in [-0.05, 0) is 0 Å². The third-order valence-electron chi connectivity index (χ3n) is 3.02. The van der Waals surface area contributed by atoms with Gasteiger partial charge in [0.25, 0.3) is 0 Å². The van der Waals surface area contributed by atoms with Crippen LogP contribution in [-0.4, -0.2) is 25.9 Å². The van der Waals surface area contributed by atoms with Gasteiger partial charge in [0.05, 0.1) is 0 Å². The molecule has 2 aromatic carbocycles. The Morgan fingerprint density at radius 3 is 2.53 bits per heavy atom. The van der Waals surface area contributed by atoms with Crippen LogP contribution >= 0.6 is 0 Å². The zero-order valence-corrected chi connectivity index (χ0v) is 12.1. The van der Waals surface area contributed by atoms with Crippen LogP contribution in [0.1, 0.15) is 0 Å². The summed E-state index contributed by atoms with van der Waals surface area (Å²) in [7, 11) is 1.62. The van der Waals surface area contributed by atoms with Crippen LogP contribution in [0, 0.1) is 0 Å². The van der Waals surface area contributed by atoms with Crippen molar-refractivity contribution in [2.75, 3.05) is 7.11 Å². The molecule has 0 aliphatic rings. The Labute approximate surface area is 115 Å². The molecule has 4 heteroatoms. The van der Waals surface area contributed by atoms with Crippen LogP contribution in [0.15, 0.2) is 54.7 Å². The maximum absolute atomic E-state index is 12.7. The van der Waals surface area contributed by atoms with E-state index < -0.39 is 13.8 Å². The molecule has 0 aliphatic carbocycles. The molecule has 0 aliphatic heterocycles. The molecule has 1 atom stereocenters. The van der Waals surface area contributed by atoms with Crippen LogP contribution in [0.4, 0.5) is 0 Å². The van der Waals surface area contributed by atoms with Crippen molar-refractivity contribution in [1.29, 1.82) is 0 Å². The predicted molar refractivity (Wildman–Crippen MR) is 77.0 cm³/mol. The molecule has 0 saturated carbocycles. The van der Waals surface area contributed by atoms with Gasteiger partial charge in [0.2, 0.25) is 0 Å². The minimum absolute atomic E-state index is 0.779. The van der Waals surface area contributed by atoms with Gasteiger partial charge in [-0.1, -0.05) is 0 Å². The summed E-state index contributed by atoms with van der Waals surface area (Å²) in [6.45, 7) is 0. The normalized spacial score (nSPS) is 12.5. The monoisotopic (exact) mass is 319 g/mol. The molecule has 3 rings (SSSR count). The molecule has 1 heterocycles. The Balaban J connectivity index is 2.03. The second-order valence-corrected chi connectivity index (χ2v) is 7.18. The first-order valence-electron chi connectivity index (χ1n) is 5.91. The molecule has 3 aromatic rings. The summed E-state index contributed by atoms with van der Waals surface area (Å²) < 4.78 is 19.6. The number of hydrogen-bond donors (Lipinski definition) is 1. The van der Waals surface area contributed by atoms with Crippen LogP contribution in [-0.2, 0) is 3.83 Å². The first-order valence-corrected chi connectivity index (χ1v) is 8.33. The zero-order valence-electron chi connectivity index (χ0n) is 10.4. The average Bonchev–Trinajstić information content (AvgIpc) is 2.90. The Bertz CT molecular complexity index is 731. The summed E-state index contributed by atoms with van der Waals surface area (Å²) in [6, 6.07) is 15.4. The Kier molecular flexibility index (Phi) is 3.20.